The normalized spacial score (nSPS) is 14.9. The topological polar surface area (TPSA) is 52.6 Å². The van der Waals surface area contributed by atoms with Gasteiger partial charge in [0.25, 0.3) is 5.91 Å². The van der Waals surface area contributed by atoms with Gasteiger partial charge in [0.1, 0.15) is 0 Å². The standard InChI is InChI=1S/C14H17F3N2O2/c1-18-12-5-2-9(8-11(12)14(15,16)17)13(21)19(6-7-20)10-3-4-10/h2,5,8,10,18,20H,3-4,6-7H2,1H3. The molecule has 7 heteroatoms. The molecular weight excluding hydrogens is 285 g/mol. The van der Waals surface area contributed by atoms with E-state index in [1.165, 1.54) is 24.1 Å². The number of amides is 1. The van der Waals surface area contributed by atoms with E-state index in [9.17, 15) is 18.0 Å². The number of alkyl halides is 3. The summed E-state index contributed by atoms with van der Waals surface area (Å²) >= 11 is 0. The molecule has 0 radical (unpaired) electrons. The van der Waals surface area contributed by atoms with Crippen LogP contribution in [0.5, 0.6) is 0 Å². The Morgan fingerprint density at radius 3 is 2.57 bits per heavy atom. The van der Waals surface area contributed by atoms with Gasteiger partial charge in [-0.05, 0) is 31.0 Å². The molecule has 0 saturated heterocycles. The molecular formula is C14H17F3N2O2. The number of aliphatic hydroxyl groups excluding tert-OH is 1. The van der Waals surface area contributed by atoms with Crippen LogP contribution in [0.15, 0.2) is 18.2 Å². The lowest BCUT2D eigenvalue weighted by Crippen LogP contribution is -2.35. The van der Waals surface area contributed by atoms with Crippen LogP contribution in [0.4, 0.5) is 18.9 Å². The van der Waals surface area contributed by atoms with Crippen molar-refractivity contribution < 1.29 is 23.1 Å². The Kier molecular flexibility index (Phi) is 4.41. The van der Waals surface area contributed by atoms with Crippen molar-refractivity contribution in [1.29, 1.82) is 0 Å². The van der Waals surface area contributed by atoms with Crippen molar-refractivity contribution in [2.24, 2.45) is 0 Å². The lowest BCUT2D eigenvalue weighted by Gasteiger charge is -2.22. The van der Waals surface area contributed by atoms with Crippen LogP contribution in [0.25, 0.3) is 0 Å². The van der Waals surface area contributed by atoms with Crippen LogP contribution in [0, 0.1) is 0 Å². The van der Waals surface area contributed by atoms with Crippen LogP contribution in [-0.4, -0.2) is 42.2 Å². The van der Waals surface area contributed by atoms with E-state index in [4.69, 9.17) is 5.11 Å². The van der Waals surface area contributed by atoms with Crippen molar-refractivity contribution in [3.05, 3.63) is 29.3 Å². The van der Waals surface area contributed by atoms with E-state index in [0.29, 0.717) is 0 Å². The monoisotopic (exact) mass is 302 g/mol. The maximum Gasteiger partial charge on any atom is 0.418 e. The SMILES string of the molecule is CNc1ccc(C(=O)N(CCO)C2CC2)cc1C(F)(F)F. The average molecular weight is 302 g/mol. The number of hydrogen-bond donors (Lipinski definition) is 2. The lowest BCUT2D eigenvalue weighted by atomic mass is 10.1. The van der Waals surface area contributed by atoms with Crippen molar-refractivity contribution >= 4 is 11.6 Å². The van der Waals surface area contributed by atoms with Crippen LogP contribution >= 0.6 is 0 Å². The van der Waals surface area contributed by atoms with E-state index in [2.05, 4.69) is 5.32 Å². The number of halogens is 3. The molecule has 1 fully saturated rings. The molecule has 1 aromatic carbocycles. The highest BCUT2D eigenvalue weighted by Gasteiger charge is 2.36. The highest BCUT2D eigenvalue weighted by molar-refractivity contribution is 5.95. The zero-order valence-electron chi connectivity index (χ0n) is 11.6. The summed E-state index contributed by atoms with van der Waals surface area (Å²) in [6.45, 7) is -0.0679. The summed E-state index contributed by atoms with van der Waals surface area (Å²) in [5.74, 6) is -0.472. The first-order valence-electron chi connectivity index (χ1n) is 6.69. The minimum absolute atomic E-state index is 0.0123. The molecule has 0 aromatic heterocycles. The van der Waals surface area contributed by atoms with E-state index >= 15 is 0 Å². The first-order chi connectivity index (χ1) is 9.88. The van der Waals surface area contributed by atoms with Gasteiger partial charge in [0.15, 0.2) is 0 Å². The molecule has 0 bridgehead atoms. The third kappa shape index (κ3) is 3.47. The van der Waals surface area contributed by atoms with Gasteiger partial charge in [-0.2, -0.15) is 13.2 Å². The Labute approximate surface area is 120 Å². The molecule has 1 aromatic rings. The maximum absolute atomic E-state index is 13.0. The Balaban J connectivity index is 2.33. The number of nitrogens with zero attached hydrogens (tertiary/aromatic N) is 1. The largest absolute Gasteiger partial charge is 0.418 e. The van der Waals surface area contributed by atoms with Crippen LogP contribution in [0.2, 0.25) is 0 Å². The molecule has 0 aliphatic heterocycles. The Hall–Kier alpha value is -1.76. The van der Waals surface area contributed by atoms with Gasteiger partial charge >= 0.3 is 6.18 Å². The first-order valence-corrected chi connectivity index (χ1v) is 6.69. The maximum atomic E-state index is 13.0. The average Bonchev–Trinajstić information content (AvgIpc) is 3.27. The number of carbonyl (C=O) groups excluding carboxylic acids is 1. The predicted octanol–water partition coefficient (Wildman–Crippen LogP) is 2.34. The van der Waals surface area contributed by atoms with Gasteiger partial charge in [-0.3, -0.25) is 4.79 Å². The molecule has 0 unspecified atom stereocenters. The summed E-state index contributed by atoms with van der Waals surface area (Å²) in [4.78, 5) is 13.8. The molecule has 2 N–H and O–H groups in total. The number of hydrogen-bond acceptors (Lipinski definition) is 3. The summed E-state index contributed by atoms with van der Waals surface area (Å²) in [5, 5.41) is 11.5. The van der Waals surface area contributed by atoms with Crippen molar-refractivity contribution in [1.82, 2.24) is 4.90 Å². The van der Waals surface area contributed by atoms with Crippen molar-refractivity contribution in [3.8, 4) is 0 Å². The summed E-state index contributed by atoms with van der Waals surface area (Å²) in [6.07, 6.45) is -2.88. The second-order valence-corrected chi connectivity index (χ2v) is 4.96. The molecule has 1 amide bonds. The van der Waals surface area contributed by atoms with E-state index in [0.717, 1.165) is 18.9 Å². The van der Waals surface area contributed by atoms with Crippen molar-refractivity contribution in [2.75, 3.05) is 25.5 Å². The molecule has 1 aliphatic rings. The van der Waals surface area contributed by atoms with Crippen LogP contribution in [0.3, 0.4) is 0 Å². The first kappa shape index (κ1) is 15.6. The van der Waals surface area contributed by atoms with E-state index < -0.39 is 17.6 Å². The van der Waals surface area contributed by atoms with Gasteiger partial charge in [0.05, 0.1) is 12.2 Å². The van der Waals surface area contributed by atoms with E-state index in [-0.39, 0.29) is 30.4 Å². The van der Waals surface area contributed by atoms with Crippen molar-refractivity contribution in [3.63, 3.8) is 0 Å². The number of anilines is 1. The second kappa shape index (κ2) is 5.93. The van der Waals surface area contributed by atoms with E-state index in [1.54, 1.807) is 0 Å². The number of rotatable bonds is 5. The Morgan fingerprint density at radius 2 is 2.10 bits per heavy atom. The molecule has 0 spiro atoms. The molecule has 0 atom stereocenters. The van der Waals surface area contributed by atoms with Gasteiger partial charge < -0.3 is 15.3 Å². The molecule has 2 rings (SSSR count). The van der Waals surface area contributed by atoms with Gasteiger partial charge in [0.2, 0.25) is 0 Å². The molecule has 1 aliphatic carbocycles. The molecule has 116 valence electrons. The zero-order chi connectivity index (χ0) is 15.6. The zero-order valence-corrected chi connectivity index (χ0v) is 11.6. The van der Waals surface area contributed by atoms with Crippen LogP contribution < -0.4 is 5.32 Å². The van der Waals surface area contributed by atoms with Gasteiger partial charge in [0, 0.05) is 30.9 Å². The highest BCUT2D eigenvalue weighted by Crippen LogP contribution is 2.36. The quantitative estimate of drug-likeness (QED) is 0.878. The van der Waals surface area contributed by atoms with Crippen LogP contribution in [-0.2, 0) is 6.18 Å². The predicted molar refractivity (Wildman–Crippen MR) is 72.1 cm³/mol. The third-order valence-electron chi connectivity index (χ3n) is 3.43. The summed E-state index contributed by atoms with van der Waals surface area (Å²) in [7, 11) is 1.40. The van der Waals surface area contributed by atoms with Gasteiger partial charge in [-0.25, -0.2) is 0 Å². The number of benzene rings is 1. The fourth-order valence-electron chi connectivity index (χ4n) is 2.24. The summed E-state index contributed by atoms with van der Waals surface area (Å²) in [5.41, 5.74) is -0.948. The Morgan fingerprint density at radius 1 is 1.43 bits per heavy atom. The van der Waals surface area contributed by atoms with Crippen molar-refractivity contribution in [2.45, 2.75) is 25.1 Å². The van der Waals surface area contributed by atoms with E-state index in [1.807, 2.05) is 0 Å². The van der Waals surface area contributed by atoms with Gasteiger partial charge in [-0.1, -0.05) is 0 Å². The Bertz CT molecular complexity index is 527. The third-order valence-corrected chi connectivity index (χ3v) is 3.43. The molecule has 0 heterocycles. The second-order valence-electron chi connectivity index (χ2n) is 4.96. The number of carbonyl (C=O) groups is 1. The fourth-order valence-corrected chi connectivity index (χ4v) is 2.24. The van der Waals surface area contributed by atoms with Gasteiger partial charge in [-0.15, -0.1) is 0 Å². The van der Waals surface area contributed by atoms with Crippen LogP contribution in [0.1, 0.15) is 28.8 Å². The number of aliphatic hydroxyl groups is 1. The molecule has 4 nitrogen and oxygen atoms in total. The fraction of sp³-hybridized carbons (Fsp3) is 0.500. The molecule has 1 saturated carbocycles. The minimum atomic E-state index is -4.53. The number of nitrogens with one attached hydrogen (secondary N) is 1. The summed E-state index contributed by atoms with van der Waals surface area (Å²) < 4.78 is 39.0. The lowest BCUT2D eigenvalue weighted by molar-refractivity contribution is -0.137. The summed E-state index contributed by atoms with van der Waals surface area (Å²) in [6, 6.07) is 3.51. The highest BCUT2D eigenvalue weighted by atomic mass is 19.4. The molecule has 21 heavy (non-hydrogen) atoms. The minimum Gasteiger partial charge on any atom is -0.395 e. The smallest absolute Gasteiger partial charge is 0.395 e.